The number of hydrogen-bond acceptors (Lipinski definition) is 3. The van der Waals surface area contributed by atoms with Crippen molar-refractivity contribution < 1.29 is 14.4 Å². The Morgan fingerprint density at radius 1 is 0.442 bits per heavy atom. The molecule has 0 heterocycles. The second-order valence-corrected chi connectivity index (χ2v) is 15.6. The lowest BCUT2D eigenvalue weighted by molar-refractivity contribution is -0.124. The standard InChI is InChI=1S/C49H58O3/c1-3-48(51)45-31-27-43(28-32-45)41-23-19-39(20-24-41)37-15-11-35(12-16-37)7-5-9-47(50)10-6-8-36-13-17-38(18-14-36)40-21-25-42(26-22-40)44-29-33-46(34-30-44)49(52)4-2/h11-26,43-46H,3-10,27-34H2,1-2H3/t43-,44?,45-,46?. The topological polar surface area (TPSA) is 51.2 Å². The Morgan fingerprint density at radius 3 is 1.06 bits per heavy atom. The van der Waals surface area contributed by atoms with Crippen LogP contribution in [0.5, 0.6) is 0 Å². The summed E-state index contributed by atoms with van der Waals surface area (Å²) in [7, 11) is 0. The molecule has 2 aliphatic carbocycles. The van der Waals surface area contributed by atoms with Crippen LogP contribution in [0.1, 0.15) is 138 Å². The molecule has 4 aromatic rings. The van der Waals surface area contributed by atoms with Crippen LogP contribution in [0, 0.1) is 11.8 Å². The molecule has 0 N–H and O–H groups in total. The molecular weight excluding hydrogens is 637 g/mol. The van der Waals surface area contributed by atoms with E-state index in [4.69, 9.17) is 0 Å². The molecule has 0 bridgehead atoms. The number of ketones is 3. The highest BCUT2D eigenvalue weighted by Crippen LogP contribution is 2.38. The van der Waals surface area contributed by atoms with Gasteiger partial charge in [0.2, 0.25) is 0 Å². The van der Waals surface area contributed by atoms with Gasteiger partial charge in [-0.2, -0.15) is 0 Å². The van der Waals surface area contributed by atoms with Crippen molar-refractivity contribution in [2.45, 2.75) is 128 Å². The van der Waals surface area contributed by atoms with Crippen molar-refractivity contribution in [3.8, 4) is 22.3 Å². The van der Waals surface area contributed by atoms with Gasteiger partial charge in [-0.3, -0.25) is 14.4 Å². The minimum atomic E-state index is 0.282. The number of benzene rings is 4. The van der Waals surface area contributed by atoms with Crippen molar-refractivity contribution in [3.63, 3.8) is 0 Å². The summed E-state index contributed by atoms with van der Waals surface area (Å²) in [4.78, 5) is 36.8. The van der Waals surface area contributed by atoms with E-state index in [1.807, 2.05) is 13.8 Å². The highest BCUT2D eigenvalue weighted by Gasteiger charge is 2.27. The van der Waals surface area contributed by atoms with Gasteiger partial charge in [0.05, 0.1) is 0 Å². The van der Waals surface area contributed by atoms with Crippen molar-refractivity contribution in [1.29, 1.82) is 0 Å². The van der Waals surface area contributed by atoms with Gasteiger partial charge in [0.15, 0.2) is 0 Å². The van der Waals surface area contributed by atoms with Crippen molar-refractivity contribution in [3.05, 3.63) is 119 Å². The summed E-state index contributed by atoms with van der Waals surface area (Å²) in [6.07, 6.45) is 14.9. The minimum Gasteiger partial charge on any atom is -0.300 e. The highest BCUT2D eigenvalue weighted by atomic mass is 16.1. The molecule has 2 saturated carbocycles. The molecule has 2 fully saturated rings. The molecule has 2 aliphatic rings. The van der Waals surface area contributed by atoms with Crippen LogP contribution in [0.2, 0.25) is 0 Å². The predicted molar refractivity (Wildman–Crippen MR) is 215 cm³/mol. The Morgan fingerprint density at radius 2 is 0.750 bits per heavy atom. The molecule has 0 aliphatic heterocycles. The SMILES string of the molecule is CCC(=O)C1CCC(c2ccc(-c3ccc(CCCC(=O)CCCc4ccc(-c5ccc([C@H]6CC[C@H](C(=O)CC)CC6)cc5)cc4)cc3)cc2)CC1. The lowest BCUT2D eigenvalue weighted by Crippen LogP contribution is -2.20. The van der Waals surface area contributed by atoms with Gasteiger partial charge in [0.1, 0.15) is 17.3 Å². The zero-order chi connectivity index (χ0) is 36.3. The third-order valence-corrected chi connectivity index (χ3v) is 12.2. The average Bonchev–Trinajstić information content (AvgIpc) is 3.21. The Kier molecular flexibility index (Phi) is 13.5. The molecule has 0 spiro atoms. The van der Waals surface area contributed by atoms with Gasteiger partial charge < -0.3 is 0 Å². The van der Waals surface area contributed by atoms with Gasteiger partial charge in [-0.25, -0.2) is 0 Å². The van der Waals surface area contributed by atoms with Crippen LogP contribution < -0.4 is 0 Å². The predicted octanol–water partition coefficient (Wildman–Crippen LogP) is 12.4. The van der Waals surface area contributed by atoms with Gasteiger partial charge in [-0.1, -0.05) is 111 Å². The summed E-state index contributed by atoms with van der Waals surface area (Å²) in [6.45, 7) is 3.97. The smallest absolute Gasteiger partial charge is 0.135 e. The summed E-state index contributed by atoms with van der Waals surface area (Å²) >= 11 is 0. The minimum absolute atomic E-state index is 0.282. The second-order valence-electron chi connectivity index (χ2n) is 15.6. The first-order valence-electron chi connectivity index (χ1n) is 20.4. The van der Waals surface area contributed by atoms with E-state index in [1.165, 1.54) is 44.5 Å². The Hall–Kier alpha value is -4.11. The van der Waals surface area contributed by atoms with Crippen molar-refractivity contribution in [1.82, 2.24) is 0 Å². The van der Waals surface area contributed by atoms with Crippen LogP contribution in [0.25, 0.3) is 22.3 Å². The molecule has 4 aromatic carbocycles. The largest absolute Gasteiger partial charge is 0.300 e. The molecule has 0 unspecified atom stereocenters. The van der Waals surface area contributed by atoms with Gasteiger partial charge >= 0.3 is 0 Å². The van der Waals surface area contributed by atoms with E-state index in [9.17, 15) is 14.4 Å². The normalized spacial score (nSPS) is 20.3. The maximum Gasteiger partial charge on any atom is 0.135 e. The van der Waals surface area contributed by atoms with E-state index in [1.54, 1.807) is 0 Å². The molecule has 272 valence electrons. The zero-order valence-electron chi connectivity index (χ0n) is 31.6. The molecular formula is C49H58O3. The molecule has 0 amide bonds. The number of rotatable bonds is 16. The highest BCUT2D eigenvalue weighted by molar-refractivity contribution is 5.81. The molecule has 0 atom stereocenters. The molecule has 0 radical (unpaired) electrons. The van der Waals surface area contributed by atoms with Crippen LogP contribution in [-0.4, -0.2) is 17.3 Å². The number of Topliss-reactive ketones (excluding diaryl/α,β-unsaturated/α-hetero) is 3. The Bertz CT molecular complexity index is 1600. The number of carbonyl (C=O) groups is 3. The third kappa shape index (κ3) is 10.1. The second kappa shape index (κ2) is 18.6. The lowest BCUT2D eigenvalue weighted by Gasteiger charge is -2.28. The Balaban J connectivity index is 0.873. The van der Waals surface area contributed by atoms with Crippen LogP contribution in [0.15, 0.2) is 97.1 Å². The van der Waals surface area contributed by atoms with E-state index >= 15 is 0 Å². The summed E-state index contributed by atoms with van der Waals surface area (Å²) in [5.41, 5.74) is 10.3. The monoisotopic (exact) mass is 694 g/mol. The maximum atomic E-state index is 12.7. The van der Waals surface area contributed by atoms with Crippen LogP contribution in [0.4, 0.5) is 0 Å². The molecule has 52 heavy (non-hydrogen) atoms. The van der Waals surface area contributed by atoms with E-state index in [0.717, 1.165) is 77.0 Å². The van der Waals surface area contributed by atoms with Gasteiger partial charge in [0, 0.05) is 37.5 Å². The lowest BCUT2D eigenvalue weighted by atomic mass is 9.76. The summed E-state index contributed by atoms with van der Waals surface area (Å²) in [5.74, 6) is 2.95. The summed E-state index contributed by atoms with van der Waals surface area (Å²) in [6, 6.07) is 35.8. The molecule has 0 aromatic heterocycles. The average molecular weight is 695 g/mol. The van der Waals surface area contributed by atoms with E-state index in [0.29, 0.717) is 54.9 Å². The number of aryl methyl sites for hydroxylation is 2. The molecule has 6 rings (SSSR count). The summed E-state index contributed by atoms with van der Waals surface area (Å²) < 4.78 is 0. The quantitative estimate of drug-likeness (QED) is 0.117. The fraction of sp³-hybridized carbons (Fsp3) is 0.449. The fourth-order valence-electron chi connectivity index (χ4n) is 8.80. The molecule has 3 nitrogen and oxygen atoms in total. The van der Waals surface area contributed by atoms with Gasteiger partial charge in [-0.15, -0.1) is 0 Å². The summed E-state index contributed by atoms with van der Waals surface area (Å²) in [5, 5.41) is 0. The molecule has 0 saturated heterocycles. The van der Waals surface area contributed by atoms with E-state index in [2.05, 4.69) is 97.1 Å². The van der Waals surface area contributed by atoms with E-state index in [-0.39, 0.29) is 11.8 Å². The van der Waals surface area contributed by atoms with Crippen molar-refractivity contribution in [2.24, 2.45) is 11.8 Å². The first-order valence-corrected chi connectivity index (χ1v) is 20.4. The zero-order valence-corrected chi connectivity index (χ0v) is 31.6. The van der Waals surface area contributed by atoms with Gasteiger partial charge in [-0.05, 0) is 133 Å². The fourth-order valence-corrected chi connectivity index (χ4v) is 8.80. The number of carbonyl (C=O) groups excluding carboxylic acids is 3. The molecule has 3 heteroatoms. The van der Waals surface area contributed by atoms with Crippen LogP contribution in [0.3, 0.4) is 0 Å². The van der Waals surface area contributed by atoms with Crippen molar-refractivity contribution >= 4 is 17.3 Å². The third-order valence-electron chi connectivity index (χ3n) is 12.2. The van der Waals surface area contributed by atoms with Crippen LogP contribution in [-0.2, 0) is 27.2 Å². The number of hydrogen-bond donors (Lipinski definition) is 0. The first kappa shape index (κ1) is 37.6. The Labute approximate surface area is 312 Å². The first-order chi connectivity index (χ1) is 25.4. The van der Waals surface area contributed by atoms with E-state index < -0.39 is 0 Å². The van der Waals surface area contributed by atoms with Crippen LogP contribution >= 0.6 is 0 Å². The van der Waals surface area contributed by atoms with Crippen molar-refractivity contribution in [2.75, 3.05) is 0 Å². The van der Waals surface area contributed by atoms with Gasteiger partial charge in [0.25, 0.3) is 0 Å². The maximum absolute atomic E-state index is 12.7.